The summed E-state index contributed by atoms with van der Waals surface area (Å²) in [5.41, 5.74) is 1.97. The van der Waals surface area contributed by atoms with E-state index in [2.05, 4.69) is 20.5 Å². The third-order valence-electron chi connectivity index (χ3n) is 3.18. The van der Waals surface area contributed by atoms with Gasteiger partial charge in [0, 0.05) is 22.6 Å². The highest BCUT2D eigenvalue weighted by atomic mass is 79.9. The lowest BCUT2D eigenvalue weighted by atomic mass is 10.3. The molecule has 1 aliphatic carbocycles. The molecule has 0 radical (unpaired) electrons. The van der Waals surface area contributed by atoms with Crippen LogP contribution >= 0.6 is 15.9 Å². The van der Waals surface area contributed by atoms with Gasteiger partial charge in [-0.2, -0.15) is 0 Å². The van der Waals surface area contributed by atoms with Crippen molar-refractivity contribution in [3.8, 4) is 0 Å². The summed E-state index contributed by atoms with van der Waals surface area (Å²) in [4.78, 5) is 11.4. The molecule has 2 heterocycles. The second kappa shape index (κ2) is 2.63. The molecule has 74 valence electrons. The Morgan fingerprint density at radius 2 is 2.50 bits per heavy atom. The maximum Gasteiger partial charge on any atom is 0.354 e. The number of hydrogen-bond acceptors (Lipinski definition) is 2. The van der Waals surface area contributed by atoms with Gasteiger partial charge in [-0.25, -0.2) is 4.79 Å². The van der Waals surface area contributed by atoms with Gasteiger partial charge in [0.05, 0.1) is 7.11 Å². The van der Waals surface area contributed by atoms with E-state index in [0.717, 1.165) is 16.9 Å². The van der Waals surface area contributed by atoms with Crippen LogP contribution in [0.3, 0.4) is 0 Å². The summed E-state index contributed by atoms with van der Waals surface area (Å²) >= 11 is 3.50. The first-order valence-electron chi connectivity index (χ1n) is 4.69. The number of carbonyl (C=O) groups is 1. The Morgan fingerprint density at radius 3 is 3.21 bits per heavy atom. The molecule has 14 heavy (non-hydrogen) atoms. The Kier molecular flexibility index (Phi) is 1.60. The maximum absolute atomic E-state index is 11.4. The average molecular weight is 256 g/mol. The van der Waals surface area contributed by atoms with Crippen LogP contribution in [0.1, 0.15) is 28.5 Å². The molecular weight excluding hydrogens is 246 g/mol. The molecule has 2 aliphatic rings. The van der Waals surface area contributed by atoms with Gasteiger partial charge in [0.2, 0.25) is 0 Å². The second-order valence-electron chi connectivity index (χ2n) is 3.97. The molecule has 3 rings (SSSR count). The minimum Gasteiger partial charge on any atom is -0.464 e. The van der Waals surface area contributed by atoms with Crippen LogP contribution in [0.2, 0.25) is 0 Å². The third-order valence-corrected chi connectivity index (χ3v) is 3.81. The number of carbonyl (C=O) groups excluding carboxylic acids is 1. The van der Waals surface area contributed by atoms with E-state index < -0.39 is 0 Å². The molecule has 1 aliphatic heterocycles. The zero-order valence-electron chi connectivity index (χ0n) is 7.79. The van der Waals surface area contributed by atoms with Gasteiger partial charge in [-0.05, 0) is 34.3 Å². The third kappa shape index (κ3) is 0.947. The molecule has 2 atom stereocenters. The van der Waals surface area contributed by atoms with Gasteiger partial charge >= 0.3 is 5.97 Å². The fraction of sp³-hybridized carbons (Fsp3) is 0.500. The van der Waals surface area contributed by atoms with E-state index in [1.165, 1.54) is 19.2 Å². The zero-order chi connectivity index (χ0) is 9.87. The SMILES string of the molecule is COC(=O)c1cc(Br)c2n1CC1CC21. The van der Waals surface area contributed by atoms with E-state index in [1.54, 1.807) is 0 Å². The predicted octanol–water partition coefficient (Wildman–Crippen LogP) is 2.15. The number of aromatic nitrogens is 1. The molecule has 0 aromatic carbocycles. The molecule has 1 aromatic rings. The Bertz CT molecular complexity index is 424. The molecule has 0 saturated heterocycles. The molecule has 1 fully saturated rings. The average Bonchev–Trinajstić information content (AvgIpc) is 2.70. The highest BCUT2D eigenvalue weighted by Gasteiger charge is 2.48. The first-order chi connectivity index (χ1) is 6.72. The molecule has 4 heteroatoms. The summed E-state index contributed by atoms with van der Waals surface area (Å²) in [7, 11) is 1.42. The summed E-state index contributed by atoms with van der Waals surface area (Å²) in [6.45, 7) is 0.982. The molecular formula is C10H10BrNO2. The largest absolute Gasteiger partial charge is 0.464 e. The lowest BCUT2D eigenvalue weighted by Gasteiger charge is -2.05. The lowest BCUT2D eigenvalue weighted by molar-refractivity contribution is 0.0588. The Hall–Kier alpha value is -0.770. The molecule has 0 N–H and O–H groups in total. The van der Waals surface area contributed by atoms with E-state index in [1.807, 2.05) is 6.07 Å². The van der Waals surface area contributed by atoms with Crippen LogP contribution in [0.25, 0.3) is 0 Å². The maximum atomic E-state index is 11.4. The van der Waals surface area contributed by atoms with Crippen molar-refractivity contribution < 1.29 is 9.53 Å². The topological polar surface area (TPSA) is 31.2 Å². The molecule has 3 nitrogen and oxygen atoms in total. The van der Waals surface area contributed by atoms with E-state index in [9.17, 15) is 4.79 Å². The van der Waals surface area contributed by atoms with Crippen molar-refractivity contribution in [1.82, 2.24) is 4.57 Å². The fourth-order valence-corrected chi connectivity index (χ4v) is 3.12. The number of fused-ring (bicyclic) bond motifs is 3. The number of ether oxygens (including phenoxy) is 1. The Morgan fingerprint density at radius 1 is 1.71 bits per heavy atom. The summed E-state index contributed by atoms with van der Waals surface area (Å²) in [6.07, 6.45) is 1.28. The summed E-state index contributed by atoms with van der Waals surface area (Å²) in [5.74, 6) is 1.21. The van der Waals surface area contributed by atoms with Crippen LogP contribution < -0.4 is 0 Å². The van der Waals surface area contributed by atoms with Crippen molar-refractivity contribution in [2.45, 2.75) is 18.9 Å². The second-order valence-corrected chi connectivity index (χ2v) is 4.82. The number of nitrogens with zero attached hydrogens (tertiary/aromatic N) is 1. The van der Waals surface area contributed by atoms with Crippen molar-refractivity contribution in [2.24, 2.45) is 5.92 Å². The molecule has 0 spiro atoms. The van der Waals surface area contributed by atoms with Gasteiger partial charge in [-0.15, -0.1) is 0 Å². The monoisotopic (exact) mass is 255 g/mol. The molecule has 2 unspecified atom stereocenters. The summed E-state index contributed by atoms with van der Waals surface area (Å²) < 4.78 is 7.89. The predicted molar refractivity (Wildman–Crippen MR) is 54.3 cm³/mol. The van der Waals surface area contributed by atoms with Crippen LogP contribution in [0, 0.1) is 5.92 Å². The quantitative estimate of drug-likeness (QED) is 0.721. The zero-order valence-corrected chi connectivity index (χ0v) is 9.37. The number of esters is 1. The fourth-order valence-electron chi connectivity index (χ4n) is 2.40. The van der Waals surface area contributed by atoms with E-state index in [-0.39, 0.29) is 5.97 Å². The van der Waals surface area contributed by atoms with Gasteiger partial charge in [-0.1, -0.05) is 0 Å². The van der Waals surface area contributed by atoms with Crippen LogP contribution in [0.4, 0.5) is 0 Å². The highest BCUT2D eigenvalue weighted by Crippen LogP contribution is 2.56. The van der Waals surface area contributed by atoms with Crippen molar-refractivity contribution >= 4 is 21.9 Å². The van der Waals surface area contributed by atoms with Gasteiger partial charge in [-0.3, -0.25) is 0 Å². The van der Waals surface area contributed by atoms with E-state index >= 15 is 0 Å². The molecule has 0 amide bonds. The van der Waals surface area contributed by atoms with Crippen molar-refractivity contribution in [2.75, 3.05) is 7.11 Å². The van der Waals surface area contributed by atoms with E-state index in [4.69, 9.17) is 4.74 Å². The summed E-state index contributed by atoms with van der Waals surface area (Å²) in [5, 5.41) is 0. The van der Waals surface area contributed by atoms with Gasteiger partial charge in [0.15, 0.2) is 0 Å². The highest BCUT2D eigenvalue weighted by molar-refractivity contribution is 9.10. The number of rotatable bonds is 1. The van der Waals surface area contributed by atoms with Crippen LogP contribution in [0.15, 0.2) is 10.5 Å². The summed E-state index contributed by atoms with van der Waals surface area (Å²) in [6, 6.07) is 1.87. The smallest absolute Gasteiger partial charge is 0.354 e. The molecule has 0 bridgehead atoms. The van der Waals surface area contributed by atoms with Crippen molar-refractivity contribution in [1.29, 1.82) is 0 Å². The Labute approximate surface area is 90.2 Å². The van der Waals surface area contributed by atoms with Crippen molar-refractivity contribution in [3.63, 3.8) is 0 Å². The molecule has 1 saturated carbocycles. The Balaban J connectivity index is 2.11. The normalized spacial score (nSPS) is 27.0. The van der Waals surface area contributed by atoms with Crippen LogP contribution in [-0.4, -0.2) is 17.6 Å². The van der Waals surface area contributed by atoms with E-state index in [0.29, 0.717) is 11.6 Å². The minimum atomic E-state index is -0.238. The van der Waals surface area contributed by atoms with Gasteiger partial charge < -0.3 is 9.30 Å². The standard InChI is InChI=1S/C10H10BrNO2/c1-14-10(13)8-3-7(11)9-6-2-5(6)4-12(8)9/h3,5-6H,2,4H2,1H3. The number of halogens is 1. The number of hydrogen-bond donors (Lipinski definition) is 0. The van der Waals surface area contributed by atoms with Crippen LogP contribution in [-0.2, 0) is 11.3 Å². The first kappa shape index (κ1) is 8.53. The van der Waals surface area contributed by atoms with Crippen molar-refractivity contribution in [3.05, 3.63) is 21.9 Å². The first-order valence-corrected chi connectivity index (χ1v) is 5.49. The van der Waals surface area contributed by atoms with Gasteiger partial charge in [0.1, 0.15) is 5.69 Å². The van der Waals surface area contributed by atoms with Crippen LogP contribution in [0.5, 0.6) is 0 Å². The minimum absolute atomic E-state index is 0.238. The number of methoxy groups -OCH3 is 1. The lowest BCUT2D eigenvalue weighted by Crippen LogP contribution is -2.10. The van der Waals surface area contributed by atoms with Gasteiger partial charge in [0.25, 0.3) is 0 Å². The molecule has 1 aromatic heterocycles.